The van der Waals surface area contributed by atoms with Gasteiger partial charge in [0.05, 0.1) is 6.10 Å². The summed E-state index contributed by atoms with van der Waals surface area (Å²) >= 11 is 0. The van der Waals surface area contributed by atoms with E-state index in [0.29, 0.717) is 12.4 Å². The van der Waals surface area contributed by atoms with Crippen molar-refractivity contribution in [3.63, 3.8) is 0 Å². The number of carbonyl (C=O) groups is 1. The fourth-order valence-electron chi connectivity index (χ4n) is 2.26. The van der Waals surface area contributed by atoms with Crippen LogP contribution >= 0.6 is 0 Å². The first-order chi connectivity index (χ1) is 9.22. The van der Waals surface area contributed by atoms with E-state index in [1.54, 1.807) is 0 Å². The van der Waals surface area contributed by atoms with Crippen LogP contribution in [0.2, 0.25) is 0 Å². The summed E-state index contributed by atoms with van der Waals surface area (Å²) in [6.07, 6.45) is 6.06. The summed E-state index contributed by atoms with van der Waals surface area (Å²) < 4.78 is 5.75. The van der Waals surface area contributed by atoms with Gasteiger partial charge in [-0.15, -0.1) is 0 Å². The molecule has 1 aromatic rings. The maximum Gasteiger partial charge on any atom is 0.358 e. The van der Waals surface area contributed by atoms with Crippen LogP contribution in [0.1, 0.15) is 36.7 Å². The quantitative estimate of drug-likeness (QED) is 0.871. The molecular weight excluding hydrogens is 246 g/mol. The van der Waals surface area contributed by atoms with Crippen molar-refractivity contribution in [1.29, 1.82) is 0 Å². The molecule has 1 aromatic heterocycles. The fourth-order valence-corrected chi connectivity index (χ4v) is 2.26. The van der Waals surface area contributed by atoms with Gasteiger partial charge in [-0.1, -0.05) is 6.92 Å². The summed E-state index contributed by atoms with van der Waals surface area (Å²) in [5.74, 6) is -0.598. The van der Waals surface area contributed by atoms with Crippen molar-refractivity contribution in [2.24, 2.45) is 0 Å². The van der Waals surface area contributed by atoms with E-state index in [9.17, 15) is 4.79 Å². The van der Waals surface area contributed by atoms with Crippen LogP contribution in [-0.2, 0) is 4.74 Å². The topological polar surface area (TPSA) is 75.5 Å². The lowest BCUT2D eigenvalue weighted by Crippen LogP contribution is -2.41. The molecule has 19 heavy (non-hydrogen) atoms. The molecule has 104 valence electrons. The number of nitrogens with zero attached hydrogens (tertiary/aromatic N) is 3. The summed E-state index contributed by atoms with van der Waals surface area (Å²) in [6, 6.07) is 0. The lowest BCUT2D eigenvalue weighted by Gasteiger charge is -2.33. The van der Waals surface area contributed by atoms with Gasteiger partial charge in [0.25, 0.3) is 0 Å². The van der Waals surface area contributed by atoms with Gasteiger partial charge in [0.1, 0.15) is 0 Å². The molecule has 2 heterocycles. The van der Waals surface area contributed by atoms with E-state index in [1.807, 2.05) is 4.90 Å². The molecule has 6 nitrogen and oxygen atoms in total. The van der Waals surface area contributed by atoms with Gasteiger partial charge in [0.15, 0.2) is 11.5 Å². The second kappa shape index (κ2) is 6.47. The van der Waals surface area contributed by atoms with E-state index < -0.39 is 5.97 Å². The molecule has 0 aliphatic carbocycles. The van der Waals surface area contributed by atoms with E-state index in [-0.39, 0.29) is 11.8 Å². The first-order valence-corrected chi connectivity index (χ1v) is 6.63. The molecule has 6 heteroatoms. The highest BCUT2D eigenvalue weighted by molar-refractivity contribution is 5.90. The number of anilines is 1. The van der Waals surface area contributed by atoms with Gasteiger partial charge in [-0.3, -0.25) is 0 Å². The second-order valence-corrected chi connectivity index (χ2v) is 4.61. The number of ether oxygens (including phenoxy) is 1. The Labute approximate surface area is 112 Å². The Morgan fingerprint density at radius 1 is 1.53 bits per heavy atom. The Bertz CT molecular complexity index is 439. The maximum atomic E-state index is 11.2. The predicted molar refractivity (Wildman–Crippen MR) is 70.5 cm³/mol. The third-order valence-corrected chi connectivity index (χ3v) is 3.12. The van der Waals surface area contributed by atoms with E-state index in [2.05, 4.69) is 16.9 Å². The van der Waals surface area contributed by atoms with Crippen LogP contribution in [0.5, 0.6) is 0 Å². The molecule has 0 amide bonds. The monoisotopic (exact) mass is 265 g/mol. The molecule has 1 N–H and O–H groups in total. The molecular formula is C13H19N3O3. The van der Waals surface area contributed by atoms with Crippen LogP contribution in [0, 0.1) is 0 Å². The Hall–Kier alpha value is -1.69. The number of aromatic carboxylic acids is 1. The minimum Gasteiger partial charge on any atom is -0.476 e. The SMILES string of the molecule is CCCOC1CCCN(c2nccnc2C(=O)O)C1. The van der Waals surface area contributed by atoms with Crippen molar-refractivity contribution in [3.8, 4) is 0 Å². The lowest BCUT2D eigenvalue weighted by molar-refractivity contribution is 0.0437. The Morgan fingerprint density at radius 3 is 3.05 bits per heavy atom. The van der Waals surface area contributed by atoms with Crippen molar-refractivity contribution in [3.05, 3.63) is 18.1 Å². The fraction of sp³-hybridized carbons (Fsp3) is 0.615. The van der Waals surface area contributed by atoms with E-state index >= 15 is 0 Å². The first kappa shape index (κ1) is 13.7. The normalized spacial score (nSPS) is 19.4. The highest BCUT2D eigenvalue weighted by Crippen LogP contribution is 2.21. The van der Waals surface area contributed by atoms with Crippen molar-refractivity contribution >= 4 is 11.8 Å². The average Bonchev–Trinajstić information content (AvgIpc) is 2.45. The van der Waals surface area contributed by atoms with Crippen molar-refractivity contribution < 1.29 is 14.6 Å². The first-order valence-electron chi connectivity index (χ1n) is 6.63. The number of carboxylic acids is 1. The number of aromatic nitrogens is 2. The molecule has 1 atom stereocenters. The Kier molecular flexibility index (Phi) is 4.68. The van der Waals surface area contributed by atoms with E-state index in [1.165, 1.54) is 12.4 Å². The molecule has 1 aliphatic rings. The van der Waals surface area contributed by atoms with Crippen LogP contribution in [0.3, 0.4) is 0 Å². The minimum atomic E-state index is -1.04. The van der Waals surface area contributed by atoms with Gasteiger partial charge in [-0.2, -0.15) is 0 Å². The minimum absolute atomic E-state index is 0.0126. The molecule has 2 rings (SSSR count). The molecule has 1 aliphatic heterocycles. The number of hydrogen-bond acceptors (Lipinski definition) is 5. The zero-order valence-electron chi connectivity index (χ0n) is 11.1. The van der Waals surface area contributed by atoms with Crippen LogP contribution in [-0.4, -0.2) is 46.8 Å². The highest BCUT2D eigenvalue weighted by Gasteiger charge is 2.25. The summed E-state index contributed by atoms with van der Waals surface area (Å²) in [4.78, 5) is 21.2. The molecule has 1 unspecified atom stereocenters. The van der Waals surface area contributed by atoms with Gasteiger partial charge < -0.3 is 14.7 Å². The van der Waals surface area contributed by atoms with Crippen molar-refractivity contribution in [1.82, 2.24) is 9.97 Å². The molecule has 0 spiro atoms. The highest BCUT2D eigenvalue weighted by atomic mass is 16.5. The number of carboxylic acid groups (broad SMARTS) is 1. The smallest absolute Gasteiger partial charge is 0.358 e. The lowest BCUT2D eigenvalue weighted by atomic mass is 10.1. The van der Waals surface area contributed by atoms with Crippen LogP contribution in [0.25, 0.3) is 0 Å². The number of piperidine rings is 1. The summed E-state index contributed by atoms with van der Waals surface area (Å²) in [5, 5.41) is 9.14. The van der Waals surface area contributed by atoms with Gasteiger partial charge in [-0.25, -0.2) is 14.8 Å². The maximum absolute atomic E-state index is 11.2. The van der Waals surface area contributed by atoms with Crippen LogP contribution in [0.15, 0.2) is 12.4 Å². The molecule has 1 saturated heterocycles. The molecule has 0 saturated carbocycles. The van der Waals surface area contributed by atoms with Gasteiger partial charge in [0, 0.05) is 32.1 Å². The number of hydrogen-bond donors (Lipinski definition) is 1. The third-order valence-electron chi connectivity index (χ3n) is 3.12. The zero-order chi connectivity index (χ0) is 13.7. The van der Waals surface area contributed by atoms with Gasteiger partial charge >= 0.3 is 5.97 Å². The molecule has 1 fully saturated rings. The van der Waals surface area contributed by atoms with Crippen molar-refractivity contribution in [2.45, 2.75) is 32.3 Å². The van der Waals surface area contributed by atoms with Gasteiger partial charge in [0.2, 0.25) is 0 Å². The Balaban J connectivity index is 2.11. The van der Waals surface area contributed by atoms with E-state index in [4.69, 9.17) is 9.84 Å². The Morgan fingerprint density at radius 2 is 2.32 bits per heavy atom. The number of rotatable bonds is 5. The molecule has 0 aromatic carbocycles. The largest absolute Gasteiger partial charge is 0.476 e. The summed E-state index contributed by atoms with van der Waals surface area (Å²) in [7, 11) is 0. The zero-order valence-corrected chi connectivity index (χ0v) is 11.1. The molecule has 0 bridgehead atoms. The second-order valence-electron chi connectivity index (χ2n) is 4.61. The van der Waals surface area contributed by atoms with Crippen LogP contribution < -0.4 is 4.90 Å². The van der Waals surface area contributed by atoms with Gasteiger partial charge in [-0.05, 0) is 19.3 Å². The van der Waals surface area contributed by atoms with Crippen LogP contribution in [0.4, 0.5) is 5.82 Å². The van der Waals surface area contributed by atoms with E-state index in [0.717, 1.165) is 32.4 Å². The average molecular weight is 265 g/mol. The third kappa shape index (κ3) is 3.41. The summed E-state index contributed by atoms with van der Waals surface area (Å²) in [6.45, 7) is 4.29. The molecule has 0 radical (unpaired) electrons. The predicted octanol–water partition coefficient (Wildman–Crippen LogP) is 1.57. The standard InChI is InChI=1S/C13H19N3O3/c1-2-8-19-10-4-3-7-16(9-10)12-11(13(17)18)14-5-6-15-12/h5-6,10H,2-4,7-9H2,1H3,(H,17,18). The summed E-state index contributed by atoms with van der Waals surface area (Å²) in [5.41, 5.74) is 0.0126. The van der Waals surface area contributed by atoms with Crippen molar-refractivity contribution in [2.75, 3.05) is 24.6 Å².